The Morgan fingerprint density at radius 2 is 2.18 bits per heavy atom. The monoisotopic (exact) mass is 249 g/mol. The maximum atomic E-state index is 4.39. The Kier molecular flexibility index (Phi) is 3.64. The molecule has 3 nitrogen and oxygen atoms in total. The van der Waals surface area contributed by atoms with E-state index >= 15 is 0 Å². The van der Waals surface area contributed by atoms with E-state index in [1.807, 2.05) is 37.0 Å². The van der Waals surface area contributed by atoms with Gasteiger partial charge in [-0.3, -0.25) is 4.68 Å². The number of hydrogen-bond donors (Lipinski definition) is 1. The van der Waals surface area contributed by atoms with Gasteiger partial charge in [-0.05, 0) is 39.1 Å². The predicted molar refractivity (Wildman–Crippen MR) is 72.5 cm³/mol. The van der Waals surface area contributed by atoms with Crippen LogP contribution >= 0.6 is 11.3 Å². The second-order valence-corrected chi connectivity index (χ2v) is 5.71. The highest BCUT2D eigenvalue weighted by atomic mass is 32.1. The Labute approximate surface area is 106 Å². The van der Waals surface area contributed by atoms with E-state index in [1.54, 1.807) is 0 Å². The summed E-state index contributed by atoms with van der Waals surface area (Å²) in [5.41, 5.74) is 2.35. The molecule has 0 saturated carbocycles. The van der Waals surface area contributed by atoms with Gasteiger partial charge >= 0.3 is 0 Å². The first kappa shape index (κ1) is 12.3. The molecule has 0 aliphatic carbocycles. The predicted octanol–water partition coefficient (Wildman–Crippen LogP) is 2.60. The van der Waals surface area contributed by atoms with Crippen LogP contribution in [0.2, 0.25) is 0 Å². The molecule has 0 spiro atoms. The fraction of sp³-hybridized carbons (Fsp3) is 0.462. The second kappa shape index (κ2) is 5.02. The number of aromatic nitrogens is 2. The van der Waals surface area contributed by atoms with Crippen LogP contribution in [0.1, 0.15) is 27.2 Å². The molecule has 0 amide bonds. The molecule has 0 aromatic carbocycles. The number of rotatable bonds is 4. The van der Waals surface area contributed by atoms with Gasteiger partial charge in [-0.1, -0.05) is 0 Å². The minimum absolute atomic E-state index is 0.378. The van der Waals surface area contributed by atoms with Gasteiger partial charge in [0.2, 0.25) is 0 Å². The standard InChI is InChI=1S/C13H19N3S/c1-9-7-11(16(4)15-9)8-12(14-3)13-6-5-10(2)17-13/h5-7,12,14H,8H2,1-4H3. The normalized spacial score (nSPS) is 12.9. The fourth-order valence-corrected chi connectivity index (χ4v) is 3.04. The van der Waals surface area contributed by atoms with Crippen LogP contribution in [-0.4, -0.2) is 16.8 Å². The molecule has 0 saturated heterocycles. The zero-order valence-electron chi connectivity index (χ0n) is 10.8. The molecule has 1 unspecified atom stereocenters. The maximum absolute atomic E-state index is 4.39. The van der Waals surface area contributed by atoms with Gasteiger partial charge in [0.25, 0.3) is 0 Å². The summed E-state index contributed by atoms with van der Waals surface area (Å²) in [7, 11) is 4.03. The molecule has 1 atom stereocenters. The SMILES string of the molecule is CNC(Cc1cc(C)nn1C)c1ccc(C)s1. The largest absolute Gasteiger partial charge is 0.312 e. The Hall–Kier alpha value is -1.13. The first-order valence-electron chi connectivity index (χ1n) is 5.83. The molecule has 2 rings (SSSR count). The minimum atomic E-state index is 0.378. The summed E-state index contributed by atoms with van der Waals surface area (Å²) in [5.74, 6) is 0. The second-order valence-electron chi connectivity index (χ2n) is 4.39. The van der Waals surface area contributed by atoms with Crippen molar-refractivity contribution in [3.8, 4) is 0 Å². The van der Waals surface area contributed by atoms with Gasteiger partial charge in [-0.25, -0.2) is 0 Å². The lowest BCUT2D eigenvalue weighted by Crippen LogP contribution is -2.19. The lowest BCUT2D eigenvalue weighted by atomic mass is 10.1. The van der Waals surface area contributed by atoms with Crippen LogP contribution in [0.5, 0.6) is 0 Å². The number of nitrogens with one attached hydrogen (secondary N) is 1. The molecule has 0 fully saturated rings. The molecule has 2 heterocycles. The van der Waals surface area contributed by atoms with Crippen LogP contribution in [0.25, 0.3) is 0 Å². The van der Waals surface area contributed by atoms with Gasteiger partial charge in [0.05, 0.1) is 5.69 Å². The summed E-state index contributed by atoms with van der Waals surface area (Å²) in [6.45, 7) is 4.18. The third-order valence-electron chi connectivity index (χ3n) is 2.97. The van der Waals surface area contributed by atoms with Crippen molar-refractivity contribution in [2.24, 2.45) is 7.05 Å². The molecule has 0 aliphatic rings. The molecule has 0 aliphatic heterocycles. The third-order valence-corrected chi connectivity index (χ3v) is 4.08. The lowest BCUT2D eigenvalue weighted by molar-refractivity contribution is 0.569. The van der Waals surface area contributed by atoms with Crippen molar-refractivity contribution in [2.45, 2.75) is 26.3 Å². The highest BCUT2D eigenvalue weighted by molar-refractivity contribution is 7.12. The molecular weight excluding hydrogens is 230 g/mol. The van der Waals surface area contributed by atoms with Crippen molar-refractivity contribution >= 4 is 11.3 Å². The molecule has 92 valence electrons. The van der Waals surface area contributed by atoms with Crippen molar-refractivity contribution in [3.63, 3.8) is 0 Å². The number of likely N-dealkylation sites (N-methyl/N-ethyl adjacent to an activating group) is 1. The van der Waals surface area contributed by atoms with Crippen molar-refractivity contribution in [2.75, 3.05) is 7.05 Å². The van der Waals surface area contributed by atoms with Crippen molar-refractivity contribution in [3.05, 3.63) is 39.3 Å². The van der Waals surface area contributed by atoms with Crippen LogP contribution in [0, 0.1) is 13.8 Å². The quantitative estimate of drug-likeness (QED) is 0.902. The van der Waals surface area contributed by atoms with E-state index in [-0.39, 0.29) is 0 Å². The van der Waals surface area contributed by atoms with Gasteiger partial charge in [0.1, 0.15) is 0 Å². The van der Waals surface area contributed by atoms with Crippen molar-refractivity contribution < 1.29 is 0 Å². The van der Waals surface area contributed by atoms with E-state index in [1.165, 1.54) is 15.4 Å². The molecule has 2 aromatic heterocycles. The van der Waals surface area contributed by atoms with Crippen molar-refractivity contribution in [1.29, 1.82) is 0 Å². The van der Waals surface area contributed by atoms with Gasteiger partial charge in [0, 0.05) is 35.0 Å². The number of hydrogen-bond acceptors (Lipinski definition) is 3. The molecule has 0 bridgehead atoms. The number of thiophene rings is 1. The Bertz CT molecular complexity index is 498. The Balaban J connectivity index is 2.18. The molecular formula is C13H19N3S. The molecule has 17 heavy (non-hydrogen) atoms. The zero-order valence-corrected chi connectivity index (χ0v) is 11.6. The summed E-state index contributed by atoms with van der Waals surface area (Å²) in [6.07, 6.45) is 0.980. The highest BCUT2D eigenvalue weighted by Crippen LogP contribution is 2.25. The van der Waals surface area contributed by atoms with Crippen LogP contribution in [0.15, 0.2) is 18.2 Å². The fourth-order valence-electron chi connectivity index (χ4n) is 2.05. The maximum Gasteiger partial charge on any atom is 0.0596 e. The van der Waals surface area contributed by atoms with E-state index < -0.39 is 0 Å². The Morgan fingerprint density at radius 1 is 1.41 bits per heavy atom. The van der Waals surface area contributed by atoms with E-state index in [2.05, 4.69) is 35.5 Å². The van der Waals surface area contributed by atoms with Gasteiger partial charge < -0.3 is 5.32 Å². The molecule has 0 radical (unpaired) electrons. The van der Waals surface area contributed by atoms with E-state index in [4.69, 9.17) is 0 Å². The van der Waals surface area contributed by atoms with Gasteiger partial charge in [0.15, 0.2) is 0 Å². The average molecular weight is 249 g/mol. The van der Waals surface area contributed by atoms with Gasteiger partial charge in [-0.2, -0.15) is 5.10 Å². The van der Waals surface area contributed by atoms with Crippen LogP contribution in [0.3, 0.4) is 0 Å². The molecule has 4 heteroatoms. The van der Waals surface area contributed by atoms with E-state index in [0.29, 0.717) is 6.04 Å². The summed E-state index contributed by atoms with van der Waals surface area (Å²) in [5, 5.41) is 7.78. The number of aryl methyl sites for hydroxylation is 3. The average Bonchev–Trinajstić information content (AvgIpc) is 2.82. The topological polar surface area (TPSA) is 29.9 Å². The van der Waals surface area contributed by atoms with Crippen molar-refractivity contribution in [1.82, 2.24) is 15.1 Å². The first-order valence-corrected chi connectivity index (χ1v) is 6.65. The number of nitrogens with zero attached hydrogens (tertiary/aromatic N) is 2. The van der Waals surface area contributed by atoms with Gasteiger partial charge in [-0.15, -0.1) is 11.3 Å². The van der Waals surface area contributed by atoms with E-state index in [0.717, 1.165) is 12.1 Å². The van der Waals surface area contributed by atoms with E-state index in [9.17, 15) is 0 Å². The summed E-state index contributed by atoms with van der Waals surface area (Å²) < 4.78 is 1.97. The summed E-state index contributed by atoms with van der Waals surface area (Å²) >= 11 is 1.86. The summed E-state index contributed by atoms with van der Waals surface area (Å²) in [6, 6.07) is 6.93. The minimum Gasteiger partial charge on any atom is -0.312 e. The smallest absolute Gasteiger partial charge is 0.0596 e. The summed E-state index contributed by atoms with van der Waals surface area (Å²) in [4.78, 5) is 2.75. The van der Waals surface area contributed by atoms with Crippen LogP contribution < -0.4 is 5.32 Å². The Morgan fingerprint density at radius 3 is 2.65 bits per heavy atom. The molecule has 1 N–H and O–H groups in total. The lowest BCUT2D eigenvalue weighted by Gasteiger charge is -2.14. The molecule has 2 aromatic rings. The first-order chi connectivity index (χ1) is 8.10. The van der Waals surface area contributed by atoms with Crippen LogP contribution in [0.4, 0.5) is 0 Å². The highest BCUT2D eigenvalue weighted by Gasteiger charge is 2.14. The third kappa shape index (κ3) is 2.76. The zero-order chi connectivity index (χ0) is 12.4. The van der Waals surface area contributed by atoms with Crippen LogP contribution in [-0.2, 0) is 13.5 Å².